The highest BCUT2D eigenvalue weighted by atomic mass is 19.1. The smallest absolute Gasteiger partial charge is 0.257 e. The van der Waals surface area contributed by atoms with E-state index in [1.54, 1.807) is 11.1 Å². The maximum atomic E-state index is 14.2. The minimum atomic E-state index is -0.501. The molecule has 1 amide bonds. The van der Waals surface area contributed by atoms with Crippen LogP contribution in [0.5, 0.6) is 11.5 Å². The highest BCUT2D eigenvalue weighted by Crippen LogP contribution is 2.46. The van der Waals surface area contributed by atoms with Crippen molar-refractivity contribution in [3.05, 3.63) is 42.1 Å². The minimum Gasteiger partial charge on any atom is -0.451 e. The molecule has 0 bridgehead atoms. The molecule has 1 saturated carbocycles. The number of Topliss-reactive ketones (excluding diaryl/α,β-unsaturated/α-hetero) is 1. The molecule has 3 heterocycles. The number of aromatic nitrogens is 2. The van der Waals surface area contributed by atoms with Crippen LogP contribution >= 0.6 is 0 Å². The molecule has 0 radical (unpaired) electrons. The van der Waals surface area contributed by atoms with Crippen molar-refractivity contribution in [1.82, 2.24) is 19.8 Å². The van der Waals surface area contributed by atoms with Gasteiger partial charge in [0, 0.05) is 50.5 Å². The summed E-state index contributed by atoms with van der Waals surface area (Å²) in [5.74, 6) is 0.836. The first kappa shape index (κ1) is 28.9. The minimum absolute atomic E-state index is 0.0414. The Balaban J connectivity index is 1.24. The fraction of sp³-hybridized carbons (Fsp3) is 0.581. The summed E-state index contributed by atoms with van der Waals surface area (Å²) in [5, 5.41) is 9.88. The van der Waals surface area contributed by atoms with E-state index in [1.807, 2.05) is 20.8 Å². The summed E-state index contributed by atoms with van der Waals surface area (Å²) in [6.07, 6.45) is 7.52. The fourth-order valence-corrected chi connectivity index (χ4v) is 6.55. The first-order valence-corrected chi connectivity index (χ1v) is 14.7. The molecule has 0 atom stereocenters. The number of piperidine rings is 1. The van der Waals surface area contributed by atoms with E-state index in [0.717, 1.165) is 45.6 Å². The molecule has 0 N–H and O–H groups in total. The monoisotopic (exact) mass is 562 g/mol. The van der Waals surface area contributed by atoms with Crippen LogP contribution in [0.2, 0.25) is 0 Å². The van der Waals surface area contributed by atoms with E-state index < -0.39 is 11.2 Å². The lowest BCUT2D eigenvalue weighted by atomic mass is 9.70. The highest BCUT2D eigenvalue weighted by Gasteiger charge is 2.47. The largest absolute Gasteiger partial charge is 0.451 e. The van der Waals surface area contributed by atoms with E-state index in [9.17, 15) is 19.2 Å². The predicted molar refractivity (Wildman–Crippen MR) is 152 cm³/mol. The van der Waals surface area contributed by atoms with Crippen molar-refractivity contribution in [3.8, 4) is 17.6 Å². The first-order chi connectivity index (χ1) is 19.7. The molecule has 1 spiro atoms. The number of amides is 1. The van der Waals surface area contributed by atoms with Gasteiger partial charge in [0.1, 0.15) is 23.7 Å². The third kappa shape index (κ3) is 6.05. The van der Waals surface area contributed by atoms with Gasteiger partial charge in [-0.25, -0.2) is 14.4 Å². The summed E-state index contributed by atoms with van der Waals surface area (Å²) in [6, 6.07) is 6.49. The van der Waals surface area contributed by atoms with Gasteiger partial charge in [0.2, 0.25) is 0 Å². The predicted octanol–water partition coefficient (Wildman–Crippen LogP) is 4.83. The Bertz CT molecular complexity index is 1320. The Morgan fingerprint density at radius 1 is 1.17 bits per heavy atom. The first-order valence-electron chi connectivity index (χ1n) is 14.7. The lowest BCUT2D eigenvalue weighted by Gasteiger charge is -2.55. The second kappa shape index (κ2) is 11.7. The fourth-order valence-electron chi connectivity index (χ4n) is 6.55. The highest BCUT2D eigenvalue weighted by molar-refractivity contribution is 5.97. The molecule has 1 aromatic heterocycles. The number of ketones is 1. The number of benzene rings is 1. The van der Waals surface area contributed by atoms with E-state index in [4.69, 9.17) is 4.74 Å². The Morgan fingerprint density at radius 3 is 2.51 bits per heavy atom. The van der Waals surface area contributed by atoms with Gasteiger partial charge in [0.15, 0.2) is 11.6 Å². The summed E-state index contributed by atoms with van der Waals surface area (Å²) < 4.78 is 20.4. The van der Waals surface area contributed by atoms with E-state index in [-0.39, 0.29) is 34.5 Å². The number of rotatable bonds is 8. The maximum Gasteiger partial charge on any atom is 0.257 e. The molecule has 2 saturated heterocycles. The topological polar surface area (TPSA) is 103 Å². The lowest BCUT2D eigenvalue weighted by Crippen LogP contribution is -2.61. The number of hydrogen-bond donors (Lipinski definition) is 0. The number of hydrogen-bond acceptors (Lipinski definition) is 8. The van der Waals surface area contributed by atoms with Gasteiger partial charge in [-0.05, 0) is 77.7 Å². The standard InChI is InChI=1S/C31H39FN6O3/c1-4-38(22(2)3)29(40)25-15-23(32)5-6-26(25)41-27-16-34-21-35-28(27)37-19-31(20-37)11-13-36(14-12-31)18-30(17-33)9-7-24(39)8-10-30/h5-6,15-16,21-22H,4,7-14,18-20H2,1-3H3. The number of anilines is 1. The molecular weight excluding hydrogens is 523 g/mol. The number of halogens is 1. The molecule has 1 aliphatic carbocycles. The zero-order chi connectivity index (χ0) is 29.2. The van der Waals surface area contributed by atoms with Crippen LogP contribution in [0.1, 0.15) is 69.7 Å². The van der Waals surface area contributed by atoms with E-state index in [2.05, 4.69) is 25.8 Å². The van der Waals surface area contributed by atoms with Crippen LogP contribution < -0.4 is 9.64 Å². The zero-order valence-corrected chi connectivity index (χ0v) is 24.2. The molecule has 2 aliphatic heterocycles. The van der Waals surface area contributed by atoms with Crippen molar-refractivity contribution < 1.29 is 18.7 Å². The third-order valence-corrected chi connectivity index (χ3v) is 9.07. The summed E-state index contributed by atoms with van der Waals surface area (Å²) >= 11 is 0. The second-order valence-electron chi connectivity index (χ2n) is 12.2. The Morgan fingerprint density at radius 2 is 1.88 bits per heavy atom. The van der Waals surface area contributed by atoms with Gasteiger partial charge in [0.05, 0.1) is 23.2 Å². The third-order valence-electron chi connectivity index (χ3n) is 9.07. The van der Waals surface area contributed by atoms with Gasteiger partial charge in [0.25, 0.3) is 5.91 Å². The number of ether oxygens (including phenoxy) is 1. The molecule has 5 rings (SSSR count). The molecule has 3 fully saturated rings. The van der Waals surface area contributed by atoms with Crippen LogP contribution in [0.4, 0.5) is 10.2 Å². The van der Waals surface area contributed by atoms with Crippen molar-refractivity contribution in [2.24, 2.45) is 10.8 Å². The van der Waals surface area contributed by atoms with Crippen molar-refractivity contribution >= 4 is 17.5 Å². The summed E-state index contributed by atoms with van der Waals surface area (Å²) in [6.45, 7) is 10.5. The van der Waals surface area contributed by atoms with Gasteiger partial charge in [-0.2, -0.15) is 5.26 Å². The molecule has 218 valence electrons. The van der Waals surface area contributed by atoms with Gasteiger partial charge in [-0.3, -0.25) is 9.59 Å². The van der Waals surface area contributed by atoms with E-state index in [0.29, 0.717) is 43.8 Å². The van der Waals surface area contributed by atoms with Crippen molar-refractivity contribution in [3.63, 3.8) is 0 Å². The molecule has 1 aromatic carbocycles. The average molecular weight is 563 g/mol. The van der Waals surface area contributed by atoms with Crippen LogP contribution in [0.15, 0.2) is 30.7 Å². The van der Waals surface area contributed by atoms with Crippen LogP contribution in [-0.4, -0.2) is 76.8 Å². The number of nitrogens with zero attached hydrogens (tertiary/aromatic N) is 6. The van der Waals surface area contributed by atoms with E-state index in [1.165, 1.54) is 24.5 Å². The Kier molecular flexibility index (Phi) is 8.28. The zero-order valence-electron chi connectivity index (χ0n) is 24.2. The molecular formula is C31H39FN6O3. The molecule has 41 heavy (non-hydrogen) atoms. The van der Waals surface area contributed by atoms with Crippen LogP contribution in [-0.2, 0) is 4.79 Å². The van der Waals surface area contributed by atoms with Gasteiger partial charge in [-0.15, -0.1) is 0 Å². The molecule has 10 heteroatoms. The second-order valence-corrected chi connectivity index (χ2v) is 12.2. The van der Waals surface area contributed by atoms with Crippen molar-refractivity contribution in [1.29, 1.82) is 5.26 Å². The SMILES string of the molecule is CCN(C(=O)c1cc(F)ccc1Oc1cncnc1N1CC2(CCN(CC3(C#N)CCC(=O)CC3)CC2)C1)C(C)C. The summed E-state index contributed by atoms with van der Waals surface area (Å²) in [5.41, 5.74) is -0.0572. The molecule has 9 nitrogen and oxygen atoms in total. The van der Waals surface area contributed by atoms with Crippen LogP contribution in [0.3, 0.4) is 0 Å². The van der Waals surface area contributed by atoms with Crippen LogP contribution in [0, 0.1) is 28.0 Å². The lowest BCUT2D eigenvalue weighted by molar-refractivity contribution is -0.122. The molecule has 3 aliphatic rings. The Labute approximate surface area is 241 Å². The van der Waals surface area contributed by atoms with Gasteiger partial charge in [-0.1, -0.05) is 0 Å². The number of carbonyl (C=O) groups excluding carboxylic acids is 2. The quantitative estimate of drug-likeness (QED) is 0.451. The van der Waals surface area contributed by atoms with Gasteiger partial charge >= 0.3 is 0 Å². The number of nitriles is 1. The van der Waals surface area contributed by atoms with Crippen molar-refractivity contribution in [2.45, 2.75) is 65.3 Å². The number of carbonyl (C=O) groups is 2. The summed E-state index contributed by atoms with van der Waals surface area (Å²) in [7, 11) is 0. The maximum absolute atomic E-state index is 14.2. The van der Waals surface area contributed by atoms with E-state index >= 15 is 0 Å². The van der Waals surface area contributed by atoms with Crippen molar-refractivity contribution in [2.75, 3.05) is 44.2 Å². The molecule has 2 aromatic rings. The summed E-state index contributed by atoms with van der Waals surface area (Å²) in [4.78, 5) is 39.9. The number of likely N-dealkylation sites (tertiary alicyclic amines) is 1. The molecule has 0 unspecified atom stereocenters. The normalized spacial score (nSPS) is 20.0. The Hall–Kier alpha value is -3.58. The van der Waals surface area contributed by atoms with Crippen LogP contribution in [0.25, 0.3) is 0 Å². The average Bonchev–Trinajstić information content (AvgIpc) is 2.95. The van der Waals surface area contributed by atoms with Gasteiger partial charge < -0.3 is 19.4 Å².